The third kappa shape index (κ3) is 5.10. The lowest BCUT2D eigenvalue weighted by atomic mass is 9.69. The first-order chi connectivity index (χ1) is 11.5. The van der Waals surface area contributed by atoms with Crippen molar-refractivity contribution in [2.75, 3.05) is 11.9 Å². The molecule has 1 aliphatic rings. The molecule has 4 heteroatoms. The number of para-hydroxylation sites is 2. The van der Waals surface area contributed by atoms with Crippen LogP contribution in [0, 0.1) is 11.3 Å². The Morgan fingerprint density at radius 3 is 2.46 bits per heavy atom. The van der Waals surface area contributed by atoms with Crippen molar-refractivity contribution in [2.45, 2.75) is 65.8 Å². The molecular formula is C20H32N2OS. The summed E-state index contributed by atoms with van der Waals surface area (Å²) >= 11 is 5.51. The molecule has 1 aliphatic carbocycles. The summed E-state index contributed by atoms with van der Waals surface area (Å²) in [5, 5.41) is 7.48. The van der Waals surface area contributed by atoms with Gasteiger partial charge >= 0.3 is 0 Å². The SMILES string of the molecule is CCOc1ccccc1NC(=S)NC1CCC(C(C)(C)CC)CC1. The van der Waals surface area contributed by atoms with Crippen molar-refractivity contribution >= 4 is 23.0 Å². The van der Waals surface area contributed by atoms with Crippen molar-refractivity contribution in [3.05, 3.63) is 24.3 Å². The number of nitrogens with one attached hydrogen (secondary N) is 2. The first-order valence-electron chi connectivity index (χ1n) is 9.25. The minimum atomic E-state index is 0.458. The van der Waals surface area contributed by atoms with Gasteiger partial charge in [-0.15, -0.1) is 0 Å². The summed E-state index contributed by atoms with van der Waals surface area (Å²) in [4.78, 5) is 0. The summed E-state index contributed by atoms with van der Waals surface area (Å²) in [5.74, 6) is 1.68. The Hall–Kier alpha value is -1.29. The van der Waals surface area contributed by atoms with Crippen molar-refractivity contribution in [1.29, 1.82) is 0 Å². The molecule has 0 unspecified atom stereocenters. The fourth-order valence-electron chi connectivity index (χ4n) is 3.50. The summed E-state index contributed by atoms with van der Waals surface area (Å²) in [5.41, 5.74) is 1.39. The summed E-state index contributed by atoms with van der Waals surface area (Å²) in [7, 11) is 0. The average Bonchev–Trinajstić information content (AvgIpc) is 2.57. The van der Waals surface area contributed by atoms with Crippen LogP contribution >= 0.6 is 12.2 Å². The number of hydrogen-bond acceptors (Lipinski definition) is 2. The number of ether oxygens (including phenoxy) is 1. The van der Waals surface area contributed by atoms with Crippen LogP contribution in [0.4, 0.5) is 5.69 Å². The predicted molar refractivity (Wildman–Crippen MR) is 107 cm³/mol. The van der Waals surface area contributed by atoms with E-state index in [4.69, 9.17) is 17.0 Å². The molecule has 0 atom stereocenters. The van der Waals surface area contributed by atoms with Crippen molar-refractivity contribution < 1.29 is 4.74 Å². The molecule has 0 bridgehead atoms. The second-order valence-corrected chi connectivity index (χ2v) is 7.83. The highest BCUT2D eigenvalue weighted by molar-refractivity contribution is 7.80. The Morgan fingerprint density at radius 2 is 1.83 bits per heavy atom. The lowest BCUT2D eigenvalue weighted by molar-refractivity contribution is 0.141. The Balaban J connectivity index is 1.84. The molecule has 1 aromatic carbocycles. The van der Waals surface area contributed by atoms with Gasteiger partial charge in [0.15, 0.2) is 5.11 Å². The van der Waals surface area contributed by atoms with E-state index >= 15 is 0 Å². The molecule has 1 fully saturated rings. The van der Waals surface area contributed by atoms with Crippen LogP contribution in [-0.4, -0.2) is 17.8 Å². The van der Waals surface area contributed by atoms with E-state index in [1.54, 1.807) is 0 Å². The summed E-state index contributed by atoms with van der Waals surface area (Å²) in [6.45, 7) is 9.75. The monoisotopic (exact) mass is 348 g/mol. The maximum Gasteiger partial charge on any atom is 0.171 e. The highest BCUT2D eigenvalue weighted by atomic mass is 32.1. The second-order valence-electron chi connectivity index (χ2n) is 7.42. The average molecular weight is 349 g/mol. The summed E-state index contributed by atoms with van der Waals surface area (Å²) < 4.78 is 5.64. The molecular weight excluding hydrogens is 316 g/mol. The molecule has 2 N–H and O–H groups in total. The van der Waals surface area contributed by atoms with Gasteiger partial charge in [0.25, 0.3) is 0 Å². The van der Waals surface area contributed by atoms with Gasteiger partial charge in [-0.1, -0.05) is 39.3 Å². The predicted octanol–water partition coefficient (Wildman–Crippen LogP) is 5.37. The normalized spacial score (nSPS) is 21.2. The molecule has 134 valence electrons. The van der Waals surface area contributed by atoms with Crippen LogP contribution in [0.25, 0.3) is 0 Å². The lowest BCUT2D eigenvalue weighted by Crippen LogP contribution is -2.41. The smallest absolute Gasteiger partial charge is 0.171 e. The molecule has 0 radical (unpaired) electrons. The van der Waals surface area contributed by atoms with Gasteiger partial charge in [0, 0.05) is 6.04 Å². The number of rotatable bonds is 6. The van der Waals surface area contributed by atoms with Gasteiger partial charge in [0.05, 0.1) is 12.3 Å². The van der Waals surface area contributed by atoms with Crippen LogP contribution in [0.1, 0.15) is 59.8 Å². The molecule has 24 heavy (non-hydrogen) atoms. The van der Waals surface area contributed by atoms with Crippen LogP contribution in [0.5, 0.6) is 5.75 Å². The molecule has 2 rings (SSSR count). The Kier molecular flexibility index (Phi) is 6.90. The molecule has 1 aromatic rings. The largest absolute Gasteiger partial charge is 0.492 e. The van der Waals surface area contributed by atoms with Gasteiger partial charge in [0.2, 0.25) is 0 Å². The van der Waals surface area contributed by atoms with Gasteiger partial charge in [0.1, 0.15) is 5.75 Å². The standard InChI is InChI=1S/C20H32N2OS/c1-5-20(3,4)15-11-13-16(14-12-15)21-19(24)22-17-9-7-8-10-18(17)23-6-2/h7-10,15-16H,5-6,11-14H2,1-4H3,(H2,21,22,24). The van der Waals surface area contributed by atoms with E-state index in [0.29, 0.717) is 23.2 Å². The highest BCUT2D eigenvalue weighted by Crippen LogP contribution is 2.40. The topological polar surface area (TPSA) is 33.3 Å². The Labute approximate surface area is 152 Å². The Morgan fingerprint density at radius 1 is 1.17 bits per heavy atom. The van der Waals surface area contributed by atoms with Crippen molar-refractivity contribution in [3.63, 3.8) is 0 Å². The van der Waals surface area contributed by atoms with Crippen molar-refractivity contribution in [3.8, 4) is 5.75 Å². The second kappa shape index (κ2) is 8.70. The number of anilines is 1. The maximum atomic E-state index is 5.64. The zero-order valence-electron chi connectivity index (χ0n) is 15.5. The van der Waals surface area contributed by atoms with Crippen molar-refractivity contribution in [1.82, 2.24) is 5.32 Å². The van der Waals surface area contributed by atoms with E-state index in [-0.39, 0.29) is 0 Å². The molecule has 0 heterocycles. The summed E-state index contributed by atoms with van der Waals surface area (Å²) in [6.07, 6.45) is 6.23. The lowest BCUT2D eigenvalue weighted by Gasteiger charge is -2.39. The fraction of sp³-hybridized carbons (Fsp3) is 0.650. The molecule has 3 nitrogen and oxygen atoms in total. The molecule has 0 aliphatic heterocycles. The maximum absolute atomic E-state index is 5.64. The van der Waals surface area contributed by atoms with E-state index in [2.05, 4.69) is 31.4 Å². The third-order valence-corrected chi connectivity index (χ3v) is 5.73. The van der Waals surface area contributed by atoms with Crippen molar-refractivity contribution in [2.24, 2.45) is 11.3 Å². The zero-order chi connectivity index (χ0) is 17.6. The van der Waals surface area contributed by atoms with E-state index in [9.17, 15) is 0 Å². The van der Waals surface area contributed by atoms with Crippen LogP contribution < -0.4 is 15.4 Å². The fourth-order valence-corrected chi connectivity index (χ4v) is 3.78. The van der Waals surface area contributed by atoms with Crippen LogP contribution in [0.2, 0.25) is 0 Å². The number of thiocarbonyl (C=S) groups is 1. The van der Waals surface area contributed by atoms with E-state index in [1.165, 1.54) is 32.1 Å². The van der Waals surface area contributed by atoms with Gasteiger partial charge in [-0.2, -0.15) is 0 Å². The first-order valence-corrected chi connectivity index (χ1v) is 9.66. The molecule has 1 saturated carbocycles. The highest BCUT2D eigenvalue weighted by Gasteiger charge is 2.31. The van der Waals surface area contributed by atoms with E-state index in [0.717, 1.165) is 17.4 Å². The minimum Gasteiger partial charge on any atom is -0.492 e. The van der Waals surface area contributed by atoms with Crippen LogP contribution in [-0.2, 0) is 0 Å². The van der Waals surface area contributed by atoms with Gasteiger partial charge in [-0.25, -0.2) is 0 Å². The van der Waals surface area contributed by atoms with Crippen LogP contribution in [0.3, 0.4) is 0 Å². The number of hydrogen-bond donors (Lipinski definition) is 2. The zero-order valence-corrected chi connectivity index (χ0v) is 16.3. The minimum absolute atomic E-state index is 0.458. The van der Waals surface area contributed by atoms with E-state index in [1.807, 2.05) is 31.2 Å². The third-order valence-electron chi connectivity index (χ3n) is 5.51. The molecule has 0 aromatic heterocycles. The van der Waals surface area contributed by atoms with E-state index < -0.39 is 0 Å². The van der Waals surface area contributed by atoms with Crippen LogP contribution in [0.15, 0.2) is 24.3 Å². The summed E-state index contributed by atoms with van der Waals surface area (Å²) in [6, 6.07) is 8.41. The number of benzene rings is 1. The van der Waals surface area contributed by atoms with Gasteiger partial charge in [-0.05, 0) is 68.3 Å². The molecule has 0 spiro atoms. The van der Waals surface area contributed by atoms with Gasteiger partial charge < -0.3 is 15.4 Å². The molecule has 0 saturated heterocycles. The Bertz CT molecular complexity index is 536. The van der Waals surface area contributed by atoms with Gasteiger partial charge in [-0.3, -0.25) is 0 Å². The quantitative estimate of drug-likeness (QED) is 0.677. The first kappa shape index (κ1) is 19.0. The molecule has 0 amide bonds.